The normalized spacial score (nSPS) is 16.5. The van der Waals surface area contributed by atoms with Gasteiger partial charge in [0.25, 0.3) is 0 Å². The first-order chi connectivity index (χ1) is 11.7. The maximum Gasteiger partial charge on any atom is 0.241 e. The smallest absolute Gasteiger partial charge is 0.241 e. The van der Waals surface area contributed by atoms with Gasteiger partial charge in [0.05, 0.1) is 6.54 Å². The van der Waals surface area contributed by atoms with E-state index in [4.69, 9.17) is 16.1 Å². The molecule has 2 aromatic carbocycles. The number of hydrogen-bond donors (Lipinski definition) is 0. The first kappa shape index (κ1) is 15.4. The number of benzene rings is 2. The molecule has 4 rings (SSSR count). The maximum atomic E-state index is 5.92. The highest BCUT2D eigenvalue weighted by atomic mass is 35.5. The third kappa shape index (κ3) is 2.95. The van der Waals surface area contributed by atoms with Crippen LogP contribution in [0.5, 0.6) is 0 Å². The lowest BCUT2D eigenvalue weighted by molar-refractivity contribution is 0.204. The van der Waals surface area contributed by atoms with Gasteiger partial charge < -0.3 is 4.52 Å². The van der Waals surface area contributed by atoms with Crippen LogP contribution in [0.15, 0.2) is 53.1 Å². The average Bonchev–Trinajstić information content (AvgIpc) is 3.22. The van der Waals surface area contributed by atoms with E-state index >= 15 is 0 Å². The highest BCUT2D eigenvalue weighted by molar-refractivity contribution is 6.30. The van der Waals surface area contributed by atoms with Crippen LogP contribution in [0.3, 0.4) is 0 Å². The fourth-order valence-corrected chi connectivity index (χ4v) is 3.48. The molecule has 0 unspecified atom stereocenters. The van der Waals surface area contributed by atoms with E-state index in [9.17, 15) is 0 Å². The van der Waals surface area contributed by atoms with Gasteiger partial charge in [-0.15, -0.1) is 0 Å². The van der Waals surface area contributed by atoms with Crippen LogP contribution in [0.25, 0.3) is 11.4 Å². The van der Waals surface area contributed by atoms with Crippen molar-refractivity contribution in [3.8, 4) is 11.4 Å². The average molecular weight is 340 g/mol. The Balaban J connectivity index is 1.49. The van der Waals surface area contributed by atoms with Crippen LogP contribution in [0, 0.1) is 0 Å². The van der Waals surface area contributed by atoms with Gasteiger partial charge in [-0.25, -0.2) is 0 Å². The Morgan fingerprint density at radius 3 is 2.79 bits per heavy atom. The van der Waals surface area contributed by atoms with Crippen LogP contribution in [-0.4, -0.2) is 22.1 Å². The fourth-order valence-electron chi connectivity index (χ4n) is 3.35. The topological polar surface area (TPSA) is 42.2 Å². The Hall–Kier alpha value is -2.17. The molecule has 1 aliphatic rings. The summed E-state index contributed by atoms with van der Waals surface area (Å²) in [5.41, 5.74) is 3.77. The molecule has 122 valence electrons. The van der Waals surface area contributed by atoms with Gasteiger partial charge in [-0.05, 0) is 55.3 Å². The van der Waals surface area contributed by atoms with Crippen molar-refractivity contribution in [3.05, 3.63) is 70.6 Å². The van der Waals surface area contributed by atoms with Gasteiger partial charge in [-0.1, -0.05) is 41.0 Å². The zero-order valence-electron chi connectivity index (χ0n) is 13.4. The van der Waals surface area contributed by atoms with E-state index in [2.05, 4.69) is 46.4 Å². The van der Waals surface area contributed by atoms with Gasteiger partial charge in [0.1, 0.15) is 0 Å². The molecule has 0 N–H and O–H groups in total. The molecule has 1 aliphatic carbocycles. The number of hydrogen-bond acceptors (Lipinski definition) is 4. The molecule has 0 radical (unpaired) electrons. The second kappa shape index (κ2) is 6.38. The molecule has 1 aromatic heterocycles. The van der Waals surface area contributed by atoms with Crippen LogP contribution < -0.4 is 0 Å². The predicted octanol–water partition coefficient (Wildman–Crippen LogP) is 4.51. The van der Waals surface area contributed by atoms with E-state index in [-0.39, 0.29) is 0 Å². The molecule has 4 nitrogen and oxygen atoms in total. The quantitative estimate of drug-likeness (QED) is 0.701. The third-order valence-electron chi connectivity index (χ3n) is 4.59. The van der Waals surface area contributed by atoms with Crippen molar-refractivity contribution in [3.63, 3.8) is 0 Å². The molecule has 0 amide bonds. The minimum atomic E-state index is 0.409. The van der Waals surface area contributed by atoms with Crippen LogP contribution in [0.4, 0.5) is 0 Å². The van der Waals surface area contributed by atoms with Gasteiger partial charge in [-0.3, -0.25) is 4.90 Å². The molecular weight excluding hydrogens is 322 g/mol. The lowest BCUT2D eigenvalue weighted by atomic mass is 10.1. The number of halogens is 1. The van der Waals surface area contributed by atoms with E-state index in [0.29, 0.717) is 29.3 Å². The molecule has 1 heterocycles. The molecule has 3 aromatic rings. The Morgan fingerprint density at radius 1 is 1.17 bits per heavy atom. The van der Waals surface area contributed by atoms with Crippen molar-refractivity contribution in [1.82, 2.24) is 15.0 Å². The summed E-state index contributed by atoms with van der Waals surface area (Å²) in [7, 11) is 2.11. The summed E-state index contributed by atoms with van der Waals surface area (Å²) in [5.74, 6) is 1.23. The van der Waals surface area contributed by atoms with Crippen molar-refractivity contribution in [2.75, 3.05) is 7.05 Å². The standard InChI is InChI=1S/C19H18ClN3O/c1-23(17-11-8-13-4-2-3-5-16(13)17)12-18-21-19(22-24-18)14-6-9-15(20)10-7-14/h2-7,9-10,17H,8,11-12H2,1H3/t17-/m0/s1. The van der Waals surface area contributed by atoms with Gasteiger partial charge in [0.15, 0.2) is 0 Å². The summed E-state index contributed by atoms with van der Waals surface area (Å²) in [4.78, 5) is 6.80. The van der Waals surface area contributed by atoms with Gasteiger partial charge in [-0.2, -0.15) is 4.98 Å². The molecule has 0 aliphatic heterocycles. The second-order valence-electron chi connectivity index (χ2n) is 6.19. The highest BCUT2D eigenvalue weighted by Gasteiger charge is 2.26. The van der Waals surface area contributed by atoms with E-state index in [1.54, 1.807) is 0 Å². The zero-order valence-corrected chi connectivity index (χ0v) is 14.2. The summed E-state index contributed by atoms with van der Waals surface area (Å²) in [6.07, 6.45) is 2.26. The number of fused-ring (bicyclic) bond motifs is 1. The van der Waals surface area contributed by atoms with E-state index in [1.807, 2.05) is 24.3 Å². The van der Waals surface area contributed by atoms with E-state index in [1.165, 1.54) is 11.1 Å². The maximum absolute atomic E-state index is 5.92. The minimum Gasteiger partial charge on any atom is -0.338 e. The molecule has 1 atom stereocenters. The first-order valence-corrected chi connectivity index (χ1v) is 8.45. The predicted molar refractivity (Wildman–Crippen MR) is 93.7 cm³/mol. The lowest BCUT2D eigenvalue weighted by Crippen LogP contribution is -2.22. The van der Waals surface area contributed by atoms with Gasteiger partial charge >= 0.3 is 0 Å². The van der Waals surface area contributed by atoms with Crippen LogP contribution in [0.1, 0.15) is 29.5 Å². The molecule has 5 heteroatoms. The number of aryl methyl sites for hydroxylation is 1. The van der Waals surface area contributed by atoms with Crippen molar-refractivity contribution >= 4 is 11.6 Å². The molecule has 0 bridgehead atoms. The number of rotatable bonds is 4. The largest absolute Gasteiger partial charge is 0.338 e. The number of nitrogens with zero attached hydrogens (tertiary/aromatic N) is 3. The SMILES string of the molecule is CN(Cc1nc(-c2ccc(Cl)cc2)no1)[C@H]1CCc2ccccc21. The first-order valence-electron chi connectivity index (χ1n) is 8.07. The van der Waals surface area contributed by atoms with Crippen LogP contribution in [0.2, 0.25) is 5.02 Å². The Morgan fingerprint density at radius 2 is 1.96 bits per heavy atom. The zero-order chi connectivity index (χ0) is 16.5. The molecule has 0 saturated heterocycles. The highest BCUT2D eigenvalue weighted by Crippen LogP contribution is 2.35. The second-order valence-corrected chi connectivity index (χ2v) is 6.62. The Bertz CT molecular complexity index is 844. The van der Waals surface area contributed by atoms with Crippen molar-refractivity contribution < 1.29 is 4.52 Å². The van der Waals surface area contributed by atoms with Gasteiger partial charge in [0.2, 0.25) is 11.7 Å². The molecular formula is C19H18ClN3O. The van der Waals surface area contributed by atoms with Gasteiger partial charge in [0, 0.05) is 16.6 Å². The Kier molecular flexibility index (Phi) is 4.08. The van der Waals surface area contributed by atoms with E-state index < -0.39 is 0 Å². The summed E-state index contributed by atoms with van der Waals surface area (Å²) < 4.78 is 5.43. The molecule has 0 saturated carbocycles. The third-order valence-corrected chi connectivity index (χ3v) is 4.84. The summed E-state index contributed by atoms with van der Waals surface area (Å²) in [5, 5.41) is 4.78. The van der Waals surface area contributed by atoms with Crippen molar-refractivity contribution in [2.24, 2.45) is 0 Å². The lowest BCUT2D eigenvalue weighted by Gasteiger charge is -2.23. The Labute approximate surface area is 146 Å². The summed E-state index contributed by atoms with van der Waals surface area (Å²) in [6, 6.07) is 16.5. The van der Waals surface area contributed by atoms with E-state index in [0.717, 1.165) is 18.4 Å². The number of aromatic nitrogens is 2. The summed E-state index contributed by atoms with van der Waals surface area (Å²) >= 11 is 5.92. The van der Waals surface area contributed by atoms with Crippen molar-refractivity contribution in [1.29, 1.82) is 0 Å². The molecule has 0 fully saturated rings. The van der Waals surface area contributed by atoms with Crippen molar-refractivity contribution in [2.45, 2.75) is 25.4 Å². The molecule has 0 spiro atoms. The summed E-state index contributed by atoms with van der Waals surface area (Å²) in [6.45, 7) is 0.638. The minimum absolute atomic E-state index is 0.409. The van der Waals surface area contributed by atoms with Crippen LogP contribution in [-0.2, 0) is 13.0 Å². The van der Waals surface area contributed by atoms with Crippen LogP contribution >= 0.6 is 11.6 Å². The monoisotopic (exact) mass is 339 g/mol. The fraction of sp³-hybridized carbons (Fsp3) is 0.263. The molecule has 24 heavy (non-hydrogen) atoms.